The van der Waals surface area contributed by atoms with E-state index in [9.17, 15) is 8.42 Å². The van der Waals surface area contributed by atoms with Crippen molar-refractivity contribution in [3.05, 3.63) is 60.7 Å². The van der Waals surface area contributed by atoms with Crippen molar-refractivity contribution >= 4 is 15.8 Å². The molecule has 4 N–H and O–H groups in total. The van der Waals surface area contributed by atoms with Crippen LogP contribution in [0.5, 0.6) is 0 Å². The van der Waals surface area contributed by atoms with Gasteiger partial charge in [0.05, 0.1) is 18.1 Å². The average Bonchev–Trinajstić information content (AvgIpc) is 2.77. The van der Waals surface area contributed by atoms with Gasteiger partial charge in [0.15, 0.2) is 5.82 Å². The summed E-state index contributed by atoms with van der Waals surface area (Å²) in [5, 5.41) is 8.84. The zero-order chi connectivity index (χ0) is 22.3. The number of anilines is 1. The predicted molar refractivity (Wildman–Crippen MR) is 118 cm³/mol. The molecule has 0 saturated heterocycles. The van der Waals surface area contributed by atoms with Crippen molar-refractivity contribution < 1.29 is 17.9 Å². The fourth-order valence-corrected chi connectivity index (χ4v) is 4.59. The zero-order valence-corrected chi connectivity index (χ0v) is 17.8. The third-order valence-corrected chi connectivity index (χ3v) is 6.30. The highest BCUT2D eigenvalue weighted by Gasteiger charge is 2.27. The van der Waals surface area contributed by atoms with Gasteiger partial charge < -0.3 is 10.8 Å². The number of nitrogens with zero attached hydrogens (tertiary/aromatic N) is 2. The molecule has 0 bridgehead atoms. The van der Waals surface area contributed by atoms with Gasteiger partial charge in [0, 0.05) is 24.3 Å². The number of nitrogens with one attached hydrogen (secondary N) is 1. The van der Waals surface area contributed by atoms with Crippen LogP contribution >= 0.6 is 0 Å². The van der Waals surface area contributed by atoms with Crippen molar-refractivity contribution in [2.45, 2.75) is 30.6 Å². The molecule has 0 radical (unpaired) electrons. The molecule has 0 aliphatic heterocycles. The van der Waals surface area contributed by atoms with Crippen molar-refractivity contribution in [1.82, 2.24) is 14.7 Å². The Morgan fingerprint density at radius 3 is 2.32 bits per heavy atom. The Morgan fingerprint density at radius 1 is 0.935 bits per heavy atom. The molecule has 9 heteroatoms. The van der Waals surface area contributed by atoms with E-state index in [1.54, 1.807) is 36.4 Å². The van der Waals surface area contributed by atoms with E-state index in [0.717, 1.165) is 12.8 Å². The molecule has 31 heavy (non-hydrogen) atoms. The van der Waals surface area contributed by atoms with Gasteiger partial charge in [-0.05, 0) is 24.5 Å². The first kappa shape index (κ1) is 22.8. The van der Waals surface area contributed by atoms with Gasteiger partial charge in [-0.1, -0.05) is 49.2 Å². The SMILES string of the molecule is Nc1cnc(-c2ccc(-c3ccccc3)c(S(=O)(=O)NCCCCCCO)c2F)cn1. The largest absolute Gasteiger partial charge is 0.396 e. The second-order valence-electron chi connectivity index (χ2n) is 7.03. The van der Waals surface area contributed by atoms with Crippen LogP contribution in [-0.4, -0.2) is 36.6 Å². The zero-order valence-electron chi connectivity index (χ0n) is 17.0. The molecule has 164 valence electrons. The molecule has 0 unspecified atom stereocenters. The number of benzene rings is 2. The summed E-state index contributed by atoms with van der Waals surface area (Å²) in [4.78, 5) is 7.57. The number of hydrogen-bond acceptors (Lipinski definition) is 6. The maximum atomic E-state index is 15.6. The summed E-state index contributed by atoms with van der Waals surface area (Å²) in [7, 11) is -4.15. The lowest BCUT2D eigenvalue weighted by atomic mass is 10.0. The number of unbranched alkanes of at least 4 members (excludes halogenated alkanes) is 3. The first-order valence-electron chi connectivity index (χ1n) is 10.0. The highest BCUT2D eigenvalue weighted by atomic mass is 32.2. The Bertz CT molecular complexity index is 1110. The van der Waals surface area contributed by atoms with Crippen LogP contribution in [0.2, 0.25) is 0 Å². The van der Waals surface area contributed by atoms with E-state index in [2.05, 4.69) is 14.7 Å². The molecule has 1 heterocycles. The van der Waals surface area contributed by atoms with Crippen molar-refractivity contribution in [3.63, 3.8) is 0 Å². The second kappa shape index (κ2) is 10.4. The quantitative estimate of drug-likeness (QED) is 0.413. The lowest BCUT2D eigenvalue weighted by molar-refractivity contribution is 0.282. The summed E-state index contributed by atoms with van der Waals surface area (Å²) in [6, 6.07) is 11.8. The van der Waals surface area contributed by atoms with E-state index >= 15 is 4.39 Å². The van der Waals surface area contributed by atoms with Gasteiger partial charge in [0.2, 0.25) is 10.0 Å². The van der Waals surface area contributed by atoms with Crippen LogP contribution in [0.1, 0.15) is 25.7 Å². The maximum absolute atomic E-state index is 15.6. The molecule has 0 saturated carbocycles. The first-order chi connectivity index (χ1) is 14.9. The minimum atomic E-state index is -4.15. The summed E-state index contributed by atoms with van der Waals surface area (Å²) in [5.41, 5.74) is 6.61. The summed E-state index contributed by atoms with van der Waals surface area (Å²) in [6.45, 7) is 0.283. The second-order valence-corrected chi connectivity index (χ2v) is 8.74. The minimum Gasteiger partial charge on any atom is -0.396 e. The highest BCUT2D eigenvalue weighted by Crippen LogP contribution is 2.34. The van der Waals surface area contributed by atoms with E-state index in [1.165, 1.54) is 18.5 Å². The fraction of sp³-hybridized carbons (Fsp3) is 0.273. The van der Waals surface area contributed by atoms with E-state index in [4.69, 9.17) is 10.8 Å². The van der Waals surface area contributed by atoms with Crippen molar-refractivity contribution in [2.75, 3.05) is 18.9 Å². The number of aliphatic hydroxyl groups excluding tert-OH is 1. The van der Waals surface area contributed by atoms with E-state index in [-0.39, 0.29) is 35.8 Å². The van der Waals surface area contributed by atoms with E-state index in [0.29, 0.717) is 18.4 Å². The van der Waals surface area contributed by atoms with Gasteiger partial charge in [-0.15, -0.1) is 0 Å². The summed E-state index contributed by atoms with van der Waals surface area (Å²) in [5.74, 6) is -0.714. The standard InChI is InChI=1S/C22H25FN4O3S/c23-21-18(19-14-26-20(24)15-25-19)11-10-17(16-8-4-3-5-9-16)22(21)31(29,30)27-12-6-1-2-7-13-28/h3-5,8-11,14-15,27-28H,1-2,6-7,12-13H2,(H2,24,26). The monoisotopic (exact) mass is 444 g/mol. The first-order valence-corrected chi connectivity index (χ1v) is 11.5. The van der Waals surface area contributed by atoms with Crippen LogP contribution in [0, 0.1) is 5.82 Å². The molecular formula is C22H25FN4O3S. The Morgan fingerprint density at radius 2 is 1.65 bits per heavy atom. The van der Waals surface area contributed by atoms with Crippen LogP contribution in [0.15, 0.2) is 59.8 Å². The lowest BCUT2D eigenvalue weighted by Crippen LogP contribution is -2.26. The molecule has 2 aromatic carbocycles. The molecule has 0 fully saturated rings. The lowest BCUT2D eigenvalue weighted by Gasteiger charge is -2.15. The van der Waals surface area contributed by atoms with Crippen LogP contribution in [-0.2, 0) is 10.0 Å². The molecule has 0 atom stereocenters. The smallest absolute Gasteiger partial charge is 0.244 e. The number of aliphatic hydroxyl groups is 1. The number of rotatable bonds is 10. The number of halogens is 1. The number of nitrogen functional groups attached to an aromatic ring is 1. The van der Waals surface area contributed by atoms with E-state index in [1.807, 2.05) is 0 Å². The van der Waals surface area contributed by atoms with Crippen molar-refractivity contribution in [2.24, 2.45) is 0 Å². The van der Waals surface area contributed by atoms with Crippen molar-refractivity contribution in [3.8, 4) is 22.4 Å². The number of sulfonamides is 1. The summed E-state index contributed by atoms with van der Waals surface area (Å²) in [6.07, 6.45) is 5.42. The van der Waals surface area contributed by atoms with Gasteiger partial charge in [0.25, 0.3) is 0 Å². The van der Waals surface area contributed by atoms with Gasteiger partial charge in [-0.25, -0.2) is 22.5 Å². The molecule has 3 aromatic rings. The molecular weight excluding hydrogens is 419 g/mol. The molecule has 1 aromatic heterocycles. The predicted octanol–water partition coefficient (Wildman–Crippen LogP) is 3.36. The Kier molecular flexibility index (Phi) is 7.67. The van der Waals surface area contributed by atoms with Gasteiger partial charge in [-0.3, -0.25) is 4.98 Å². The minimum absolute atomic E-state index is 0.0236. The van der Waals surface area contributed by atoms with Crippen LogP contribution in [0.25, 0.3) is 22.4 Å². The summed E-state index contributed by atoms with van der Waals surface area (Å²) < 4.78 is 44.4. The third kappa shape index (κ3) is 5.63. The molecule has 7 nitrogen and oxygen atoms in total. The van der Waals surface area contributed by atoms with E-state index < -0.39 is 20.7 Å². The molecule has 0 spiro atoms. The fourth-order valence-electron chi connectivity index (χ4n) is 3.21. The average molecular weight is 445 g/mol. The van der Waals surface area contributed by atoms with Crippen molar-refractivity contribution in [1.29, 1.82) is 0 Å². The molecule has 3 rings (SSSR count). The van der Waals surface area contributed by atoms with Crippen LogP contribution in [0.3, 0.4) is 0 Å². The number of nitrogens with two attached hydrogens (primary N) is 1. The molecule has 0 aliphatic rings. The molecule has 0 aliphatic carbocycles. The number of hydrogen-bond donors (Lipinski definition) is 3. The van der Waals surface area contributed by atoms with Crippen LogP contribution < -0.4 is 10.5 Å². The number of aromatic nitrogens is 2. The van der Waals surface area contributed by atoms with Crippen LogP contribution in [0.4, 0.5) is 10.2 Å². The highest BCUT2D eigenvalue weighted by molar-refractivity contribution is 7.89. The Labute approximate surface area is 181 Å². The van der Waals surface area contributed by atoms with Gasteiger partial charge in [0.1, 0.15) is 10.7 Å². The molecule has 0 amide bonds. The topological polar surface area (TPSA) is 118 Å². The normalized spacial score (nSPS) is 11.5. The maximum Gasteiger partial charge on any atom is 0.244 e. The third-order valence-electron chi connectivity index (χ3n) is 4.78. The Balaban J connectivity index is 2.00. The van der Waals surface area contributed by atoms with Gasteiger partial charge in [-0.2, -0.15) is 0 Å². The van der Waals surface area contributed by atoms with Gasteiger partial charge >= 0.3 is 0 Å². The summed E-state index contributed by atoms with van der Waals surface area (Å²) >= 11 is 0. The Hall–Kier alpha value is -2.88.